The van der Waals surface area contributed by atoms with Crippen molar-refractivity contribution in [3.8, 4) is 5.75 Å². The molecule has 1 heterocycles. The van der Waals surface area contributed by atoms with Gasteiger partial charge in [0.2, 0.25) is 0 Å². The highest BCUT2D eigenvalue weighted by Gasteiger charge is 2.24. The van der Waals surface area contributed by atoms with Crippen LogP contribution in [0, 0.1) is 10.1 Å². The molecule has 7 heteroatoms. The molecule has 28 heavy (non-hydrogen) atoms. The zero-order valence-corrected chi connectivity index (χ0v) is 16.0. The molecule has 3 rings (SSSR count). The number of nitro benzene ring substituents is 1. The van der Waals surface area contributed by atoms with E-state index in [2.05, 4.69) is 12.2 Å². The number of unbranched alkanes of at least 4 members (excludes halogenated alkanes) is 1. The van der Waals surface area contributed by atoms with Crippen LogP contribution in [0.1, 0.15) is 43.0 Å². The Bertz CT molecular complexity index is 847. The number of nitrogens with one attached hydrogen (secondary N) is 1. The number of rotatable bonds is 8. The molecule has 1 aliphatic heterocycles. The van der Waals surface area contributed by atoms with Crippen molar-refractivity contribution < 1.29 is 14.5 Å². The first kappa shape index (κ1) is 19.7. The first-order valence-corrected chi connectivity index (χ1v) is 9.66. The van der Waals surface area contributed by atoms with Crippen LogP contribution in [0.2, 0.25) is 0 Å². The summed E-state index contributed by atoms with van der Waals surface area (Å²) in [4.78, 5) is 25.8. The van der Waals surface area contributed by atoms with Crippen molar-refractivity contribution in [2.45, 2.75) is 32.6 Å². The topological polar surface area (TPSA) is 84.7 Å². The molecule has 0 aromatic heterocycles. The number of para-hydroxylation sites is 2. The van der Waals surface area contributed by atoms with Gasteiger partial charge in [0.25, 0.3) is 11.6 Å². The number of hydrogen-bond acceptors (Lipinski definition) is 5. The molecule has 1 amide bonds. The van der Waals surface area contributed by atoms with Crippen LogP contribution in [0.15, 0.2) is 42.5 Å². The van der Waals surface area contributed by atoms with Gasteiger partial charge in [-0.25, -0.2) is 0 Å². The Morgan fingerprint density at radius 3 is 2.68 bits per heavy atom. The van der Waals surface area contributed by atoms with Crippen LogP contribution in [0.3, 0.4) is 0 Å². The lowest BCUT2D eigenvalue weighted by Crippen LogP contribution is -2.20. The number of carbonyl (C=O) groups excluding carboxylic acids is 1. The summed E-state index contributed by atoms with van der Waals surface area (Å²) in [7, 11) is 0. The van der Waals surface area contributed by atoms with E-state index >= 15 is 0 Å². The number of ether oxygens (including phenoxy) is 1. The number of nitro groups is 1. The van der Waals surface area contributed by atoms with Crippen LogP contribution in [0.5, 0.6) is 5.75 Å². The number of amides is 1. The van der Waals surface area contributed by atoms with Crippen LogP contribution in [0.4, 0.5) is 17.1 Å². The van der Waals surface area contributed by atoms with E-state index in [0.717, 1.165) is 38.8 Å². The quantitative estimate of drug-likeness (QED) is 0.408. The second kappa shape index (κ2) is 9.21. The summed E-state index contributed by atoms with van der Waals surface area (Å²) >= 11 is 0. The molecule has 1 fully saturated rings. The van der Waals surface area contributed by atoms with Crippen LogP contribution in [0.25, 0.3) is 0 Å². The van der Waals surface area contributed by atoms with Crippen molar-refractivity contribution in [3.05, 3.63) is 58.1 Å². The lowest BCUT2D eigenvalue weighted by molar-refractivity contribution is -0.384. The molecule has 148 valence electrons. The highest BCUT2D eigenvalue weighted by atomic mass is 16.6. The largest absolute Gasteiger partial charge is 0.491 e. The Labute approximate surface area is 164 Å². The Morgan fingerprint density at radius 1 is 1.21 bits per heavy atom. The number of benzene rings is 2. The summed E-state index contributed by atoms with van der Waals surface area (Å²) in [6.45, 7) is 4.25. The zero-order chi connectivity index (χ0) is 19.9. The Kier molecular flexibility index (Phi) is 6.47. The van der Waals surface area contributed by atoms with Crippen molar-refractivity contribution in [1.82, 2.24) is 0 Å². The van der Waals surface area contributed by atoms with E-state index in [1.807, 2.05) is 11.0 Å². The van der Waals surface area contributed by atoms with Crippen LogP contribution < -0.4 is 15.0 Å². The molecule has 1 saturated heterocycles. The summed E-state index contributed by atoms with van der Waals surface area (Å²) in [5.41, 5.74) is 1.33. The fraction of sp³-hybridized carbons (Fsp3) is 0.381. The first-order chi connectivity index (χ1) is 13.6. The summed E-state index contributed by atoms with van der Waals surface area (Å²) in [5, 5.41) is 14.3. The third-order valence-corrected chi connectivity index (χ3v) is 4.77. The number of hydrogen-bond donors (Lipinski definition) is 1. The molecule has 0 unspecified atom stereocenters. The SMILES string of the molecule is CCCCOc1ccccc1NC(=O)c1ccc(N2CCCC2)c([N+](=O)[O-])c1. The van der Waals surface area contributed by atoms with Gasteiger partial charge in [0.15, 0.2) is 0 Å². The summed E-state index contributed by atoms with van der Waals surface area (Å²) in [6, 6.07) is 11.9. The maximum atomic E-state index is 12.7. The Hall–Kier alpha value is -3.09. The highest BCUT2D eigenvalue weighted by Crippen LogP contribution is 2.32. The third-order valence-electron chi connectivity index (χ3n) is 4.77. The zero-order valence-electron chi connectivity index (χ0n) is 16.0. The smallest absolute Gasteiger partial charge is 0.293 e. The van der Waals surface area contributed by atoms with Crippen LogP contribution in [-0.4, -0.2) is 30.5 Å². The normalized spacial score (nSPS) is 13.4. The highest BCUT2D eigenvalue weighted by molar-refractivity contribution is 6.05. The lowest BCUT2D eigenvalue weighted by atomic mass is 10.1. The minimum atomic E-state index is -0.424. The fourth-order valence-electron chi connectivity index (χ4n) is 3.25. The van der Waals surface area contributed by atoms with E-state index in [9.17, 15) is 14.9 Å². The average Bonchev–Trinajstić information content (AvgIpc) is 3.23. The van der Waals surface area contributed by atoms with Crippen molar-refractivity contribution in [2.24, 2.45) is 0 Å². The van der Waals surface area contributed by atoms with Crippen LogP contribution >= 0.6 is 0 Å². The van der Waals surface area contributed by atoms with E-state index in [1.54, 1.807) is 30.3 Å². The van der Waals surface area contributed by atoms with Crippen molar-refractivity contribution in [3.63, 3.8) is 0 Å². The molecule has 1 N–H and O–H groups in total. The van der Waals surface area contributed by atoms with E-state index < -0.39 is 10.8 Å². The van der Waals surface area contributed by atoms with Crippen molar-refractivity contribution in [1.29, 1.82) is 0 Å². The van der Waals surface area contributed by atoms with Gasteiger partial charge in [-0.3, -0.25) is 14.9 Å². The van der Waals surface area contributed by atoms with E-state index in [4.69, 9.17) is 4.74 Å². The van der Waals surface area contributed by atoms with Gasteiger partial charge in [-0.15, -0.1) is 0 Å². The molecule has 0 bridgehead atoms. The van der Waals surface area contributed by atoms with E-state index in [0.29, 0.717) is 23.7 Å². The first-order valence-electron chi connectivity index (χ1n) is 9.66. The molecular weight excluding hydrogens is 358 g/mol. The molecule has 0 spiro atoms. The van der Waals surface area contributed by atoms with Gasteiger partial charge < -0.3 is 15.0 Å². The molecule has 2 aromatic carbocycles. The molecule has 7 nitrogen and oxygen atoms in total. The predicted octanol–water partition coefficient (Wildman–Crippen LogP) is 4.63. The number of carbonyl (C=O) groups is 1. The summed E-state index contributed by atoms with van der Waals surface area (Å²) < 4.78 is 5.73. The molecule has 0 saturated carbocycles. The summed E-state index contributed by atoms with van der Waals surface area (Å²) in [5.74, 6) is 0.190. The van der Waals surface area contributed by atoms with E-state index in [1.165, 1.54) is 6.07 Å². The van der Waals surface area contributed by atoms with E-state index in [-0.39, 0.29) is 11.3 Å². The minimum Gasteiger partial charge on any atom is -0.491 e. The number of nitrogens with zero attached hydrogens (tertiary/aromatic N) is 2. The average molecular weight is 383 g/mol. The maximum absolute atomic E-state index is 12.7. The monoisotopic (exact) mass is 383 g/mol. The van der Waals surface area contributed by atoms with Crippen molar-refractivity contribution in [2.75, 3.05) is 29.9 Å². The second-order valence-corrected chi connectivity index (χ2v) is 6.81. The van der Waals surface area contributed by atoms with Gasteiger partial charge in [-0.2, -0.15) is 0 Å². The third kappa shape index (κ3) is 4.60. The predicted molar refractivity (Wildman–Crippen MR) is 109 cm³/mol. The fourth-order valence-corrected chi connectivity index (χ4v) is 3.25. The molecule has 0 aliphatic carbocycles. The van der Waals surface area contributed by atoms with Gasteiger partial charge >= 0.3 is 0 Å². The van der Waals surface area contributed by atoms with Gasteiger partial charge in [-0.05, 0) is 43.5 Å². The Balaban J connectivity index is 1.79. The molecule has 0 atom stereocenters. The molecule has 0 radical (unpaired) electrons. The molecule has 1 aliphatic rings. The van der Waals surface area contributed by atoms with Gasteiger partial charge in [0.05, 0.1) is 17.2 Å². The van der Waals surface area contributed by atoms with Gasteiger partial charge in [0.1, 0.15) is 11.4 Å². The molecular formula is C21H25N3O4. The van der Waals surface area contributed by atoms with Gasteiger partial charge in [0, 0.05) is 24.7 Å². The minimum absolute atomic E-state index is 0.0398. The standard InChI is InChI=1S/C21H25N3O4/c1-2-3-14-28-20-9-5-4-8-17(20)22-21(25)16-10-11-18(19(15-16)24(26)27)23-12-6-7-13-23/h4-5,8-11,15H,2-3,6-7,12-14H2,1H3,(H,22,25). The number of anilines is 2. The Morgan fingerprint density at radius 2 is 1.96 bits per heavy atom. The maximum Gasteiger partial charge on any atom is 0.293 e. The lowest BCUT2D eigenvalue weighted by Gasteiger charge is -2.18. The van der Waals surface area contributed by atoms with Crippen molar-refractivity contribution >= 4 is 23.0 Å². The van der Waals surface area contributed by atoms with Gasteiger partial charge in [-0.1, -0.05) is 25.5 Å². The summed E-state index contributed by atoms with van der Waals surface area (Å²) in [6.07, 6.45) is 3.98. The molecule has 2 aromatic rings. The second-order valence-electron chi connectivity index (χ2n) is 6.81. The van der Waals surface area contributed by atoms with Crippen LogP contribution in [-0.2, 0) is 0 Å².